The lowest BCUT2D eigenvalue weighted by atomic mass is 10.1. The number of unbranched alkanes of at least 4 members (excludes halogenated alkanes) is 2. The zero-order chi connectivity index (χ0) is 9.10. The summed E-state index contributed by atoms with van der Waals surface area (Å²) in [5, 5.41) is 2.13. The molecule has 1 aliphatic heterocycles. The van der Waals surface area contributed by atoms with Gasteiger partial charge in [0, 0.05) is 4.88 Å². The first kappa shape index (κ1) is 9.22. The predicted octanol–water partition coefficient (Wildman–Crippen LogP) is 3.77. The first-order chi connectivity index (χ1) is 6.42. The first-order valence-electron chi connectivity index (χ1n) is 5.10. The number of hydrogen-bond donors (Lipinski definition) is 0. The summed E-state index contributed by atoms with van der Waals surface area (Å²) < 4.78 is 5.62. The monoisotopic (exact) mass is 196 g/mol. The highest BCUT2D eigenvalue weighted by Gasteiger charge is 2.39. The fraction of sp³-hybridized carbons (Fsp3) is 0.636. The van der Waals surface area contributed by atoms with E-state index in [4.69, 9.17) is 4.74 Å². The average Bonchev–Trinajstić information content (AvgIpc) is 2.72. The Kier molecular flexibility index (Phi) is 3.01. The van der Waals surface area contributed by atoms with Crippen molar-refractivity contribution < 1.29 is 4.74 Å². The molecule has 2 heterocycles. The molecule has 0 aliphatic carbocycles. The van der Waals surface area contributed by atoms with Crippen molar-refractivity contribution in [1.82, 2.24) is 0 Å². The van der Waals surface area contributed by atoms with Crippen LogP contribution in [-0.4, -0.2) is 6.10 Å². The number of epoxide rings is 1. The maximum absolute atomic E-state index is 5.62. The molecule has 13 heavy (non-hydrogen) atoms. The first-order valence-corrected chi connectivity index (χ1v) is 5.98. The van der Waals surface area contributed by atoms with E-state index in [9.17, 15) is 0 Å². The van der Waals surface area contributed by atoms with E-state index in [-0.39, 0.29) is 0 Å². The van der Waals surface area contributed by atoms with E-state index >= 15 is 0 Å². The summed E-state index contributed by atoms with van der Waals surface area (Å²) in [5.41, 5.74) is 0. The van der Waals surface area contributed by atoms with E-state index in [1.165, 1.54) is 30.6 Å². The van der Waals surface area contributed by atoms with Crippen LogP contribution in [0.25, 0.3) is 0 Å². The van der Waals surface area contributed by atoms with Crippen LogP contribution in [0.4, 0.5) is 0 Å². The summed E-state index contributed by atoms with van der Waals surface area (Å²) in [5.74, 6) is 0. The Labute approximate surface area is 83.7 Å². The van der Waals surface area contributed by atoms with E-state index in [2.05, 4.69) is 24.4 Å². The van der Waals surface area contributed by atoms with Gasteiger partial charge in [0.05, 0.1) is 6.10 Å². The molecule has 2 rings (SSSR count). The van der Waals surface area contributed by atoms with Gasteiger partial charge in [0.1, 0.15) is 6.10 Å². The Bertz CT molecular complexity index is 243. The molecule has 1 aromatic heterocycles. The standard InChI is InChI=1S/C11H16OS/c1-2-3-4-6-9-11(12-9)10-7-5-8-13-10/h5,7-9,11H,2-4,6H2,1H3/t9-,11-/m0/s1. The fourth-order valence-corrected chi connectivity index (χ4v) is 2.47. The smallest absolute Gasteiger partial charge is 0.118 e. The molecule has 0 amide bonds. The Morgan fingerprint density at radius 1 is 1.46 bits per heavy atom. The maximum atomic E-state index is 5.62. The van der Waals surface area contributed by atoms with Gasteiger partial charge in [-0.25, -0.2) is 0 Å². The molecule has 1 nitrogen and oxygen atoms in total. The van der Waals surface area contributed by atoms with E-state index in [1.807, 2.05) is 11.3 Å². The highest BCUT2D eigenvalue weighted by molar-refractivity contribution is 7.10. The van der Waals surface area contributed by atoms with E-state index < -0.39 is 0 Å². The maximum Gasteiger partial charge on any atom is 0.118 e. The Morgan fingerprint density at radius 2 is 2.38 bits per heavy atom. The van der Waals surface area contributed by atoms with Crippen molar-refractivity contribution in [1.29, 1.82) is 0 Å². The van der Waals surface area contributed by atoms with Crippen molar-refractivity contribution in [3.63, 3.8) is 0 Å². The quantitative estimate of drug-likeness (QED) is 0.516. The number of hydrogen-bond acceptors (Lipinski definition) is 2. The molecule has 2 heteroatoms. The Balaban J connectivity index is 1.71. The van der Waals surface area contributed by atoms with Gasteiger partial charge in [-0.2, -0.15) is 0 Å². The molecule has 2 atom stereocenters. The minimum absolute atomic E-state index is 0.442. The fourth-order valence-electron chi connectivity index (χ4n) is 1.66. The molecule has 0 unspecified atom stereocenters. The van der Waals surface area contributed by atoms with Crippen molar-refractivity contribution in [2.24, 2.45) is 0 Å². The van der Waals surface area contributed by atoms with Crippen molar-refractivity contribution in [2.45, 2.75) is 44.8 Å². The van der Waals surface area contributed by atoms with Crippen LogP contribution < -0.4 is 0 Å². The van der Waals surface area contributed by atoms with Crippen LogP contribution in [0, 0.1) is 0 Å². The summed E-state index contributed by atoms with van der Waals surface area (Å²) >= 11 is 1.81. The van der Waals surface area contributed by atoms with Gasteiger partial charge in [0.15, 0.2) is 0 Å². The number of thiophene rings is 1. The van der Waals surface area contributed by atoms with Crippen molar-refractivity contribution in [3.05, 3.63) is 22.4 Å². The van der Waals surface area contributed by atoms with Crippen LogP contribution in [0.15, 0.2) is 17.5 Å². The molecule has 0 radical (unpaired) electrons. The summed E-state index contributed by atoms with van der Waals surface area (Å²) in [6.45, 7) is 2.24. The second kappa shape index (κ2) is 4.25. The molecule has 0 saturated carbocycles. The summed E-state index contributed by atoms with van der Waals surface area (Å²) in [6.07, 6.45) is 6.19. The third-order valence-corrected chi connectivity index (χ3v) is 3.43. The lowest BCUT2D eigenvalue weighted by Crippen LogP contribution is -1.87. The van der Waals surface area contributed by atoms with Gasteiger partial charge in [-0.1, -0.05) is 32.3 Å². The molecule has 1 saturated heterocycles. The number of rotatable bonds is 5. The van der Waals surface area contributed by atoms with E-state index in [1.54, 1.807) is 0 Å². The highest BCUT2D eigenvalue weighted by atomic mass is 32.1. The molecule has 1 aliphatic rings. The Hall–Kier alpha value is -0.340. The van der Waals surface area contributed by atoms with Gasteiger partial charge in [-0.3, -0.25) is 0 Å². The third kappa shape index (κ3) is 2.32. The van der Waals surface area contributed by atoms with Gasteiger partial charge < -0.3 is 4.74 Å². The second-order valence-electron chi connectivity index (χ2n) is 3.61. The van der Waals surface area contributed by atoms with Crippen molar-refractivity contribution >= 4 is 11.3 Å². The average molecular weight is 196 g/mol. The molecule has 1 aromatic rings. The minimum atomic E-state index is 0.442. The number of ether oxygens (including phenoxy) is 1. The molecule has 1 fully saturated rings. The van der Waals surface area contributed by atoms with Crippen LogP contribution in [0.3, 0.4) is 0 Å². The predicted molar refractivity (Wildman–Crippen MR) is 56.1 cm³/mol. The topological polar surface area (TPSA) is 12.5 Å². The van der Waals surface area contributed by atoms with Gasteiger partial charge >= 0.3 is 0 Å². The van der Waals surface area contributed by atoms with Gasteiger partial charge in [0.25, 0.3) is 0 Å². The molecular formula is C11H16OS. The molecule has 72 valence electrons. The zero-order valence-electron chi connectivity index (χ0n) is 8.03. The molecule has 0 bridgehead atoms. The molecule has 0 aromatic carbocycles. The van der Waals surface area contributed by atoms with Gasteiger partial charge in [-0.05, 0) is 17.9 Å². The summed E-state index contributed by atoms with van der Waals surface area (Å²) in [6, 6.07) is 4.28. The summed E-state index contributed by atoms with van der Waals surface area (Å²) in [7, 11) is 0. The van der Waals surface area contributed by atoms with E-state index in [0.29, 0.717) is 12.2 Å². The summed E-state index contributed by atoms with van der Waals surface area (Å²) in [4.78, 5) is 1.40. The third-order valence-electron chi connectivity index (χ3n) is 2.50. The second-order valence-corrected chi connectivity index (χ2v) is 4.59. The molecule has 0 spiro atoms. The SMILES string of the molecule is CCCCC[C@@H]1O[C@@H]1c1cccs1. The van der Waals surface area contributed by atoms with E-state index in [0.717, 1.165) is 0 Å². The van der Waals surface area contributed by atoms with Crippen LogP contribution >= 0.6 is 11.3 Å². The highest BCUT2D eigenvalue weighted by Crippen LogP contribution is 2.43. The van der Waals surface area contributed by atoms with Crippen molar-refractivity contribution in [3.8, 4) is 0 Å². The Morgan fingerprint density at radius 3 is 3.08 bits per heavy atom. The van der Waals surface area contributed by atoms with Crippen LogP contribution in [0.2, 0.25) is 0 Å². The normalized spacial score (nSPS) is 26.2. The minimum Gasteiger partial charge on any atom is -0.364 e. The van der Waals surface area contributed by atoms with Crippen molar-refractivity contribution in [2.75, 3.05) is 0 Å². The zero-order valence-corrected chi connectivity index (χ0v) is 8.85. The van der Waals surface area contributed by atoms with Gasteiger partial charge in [0.2, 0.25) is 0 Å². The molecular weight excluding hydrogens is 180 g/mol. The lowest BCUT2D eigenvalue weighted by Gasteiger charge is -1.93. The van der Waals surface area contributed by atoms with Crippen LogP contribution in [-0.2, 0) is 4.74 Å². The largest absolute Gasteiger partial charge is 0.364 e. The lowest BCUT2D eigenvalue weighted by molar-refractivity contribution is 0.362. The van der Waals surface area contributed by atoms with Crippen LogP contribution in [0.5, 0.6) is 0 Å². The van der Waals surface area contributed by atoms with Crippen LogP contribution in [0.1, 0.15) is 43.6 Å². The van der Waals surface area contributed by atoms with Gasteiger partial charge in [-0.15, -0.1) is 11.3 Å². The molecule has 0 N–H and O–H groups in total.